The molecule has 1 atom stereocenters. The number of hydrogen-bond acceptors (Lipinski definition) is 2. The van der Waals surface area contributed by atoms with E-state index in [2.05, 4.69) is 63.3 Å². The minimum atomic E-state index is -0.0849. The Morgan fingerprint density at radius 1 is 1.20 bits per heavy atom. The zero-order valence-electron chi connectivity index (χ0n) is 13.4. The quantitative estimate of drug-likeness (QED) is 0.829. The van der Waals surface area contributed by atoms with Crippen molar-refractivity contribution in [3.8, 4) is 0 Å². The lowest BCUT2D eigenvalue weighted by Crippen LogP contribution is -2.51. The van der Waals surface area contributed by atoms with Gasteiger partial charge in [-0.1, -0.05) is 44.2 Å². The third-order valence-corrected chi connectivity index (χ3v) is 4.71. The topological polar surface area (TPSA) is 21.3 Å². The molecule has 110 valence electrons. The van der Waals surface area contributed by atoms with Gasteiger partial charge in [0, 0.05) is 5.41 Å². The first kappa shape index (κ1) is 15.1. The van der Waals surface area contributed by atoms with Crippen LogP contribution in [0.2, 0.25) is 0 Å². The monoisotopic (exact) mass is 273 g/mol. The van der Waals surface area contributed by atoms with E-state index in [1.54, 1.807) is 7.11 Å². The number of hydrogen-bond donors (Lipinski definition) is 1. The first-order valence-corrected chi connectivity index (χ1v) is 7.48. The van der Waals surface area contributed by atoms with Crippen LogP contribution in [0.4, 0.5) is 0 Å². The van der Waals surface area contributed by atoms with Gasteiger partial charge < -0.3 is 10.1 Å². The minimum absolute atomic E-state index is 0.0448. The first-order valence-electron chi connectivity index (χ1n) is 7.48. The fourth-order valence-corrected chi connectivity index (χ4v) is 3.89. The molecule has 1 N–H and O–H groups in total. The Labute approximate surface area is 123 Å². The zero-order chi connectivity index (χ0) is 14.8. The smallest absolute Gasteiger partial charge is 0.102 e. The maximum absolute atomic E-state index is 5.78. The largest absolute Gasteiger partial charge is 0.501 e. The van der Waals surface area contributed by atoms with E-state index in [0.717, 1.165) is 18.7 Å². The fraction of sp³-hybridized carbons (Fsp3) is 0.556. The number of allylic oxidation sites excluding steroid dienone is 1. The molecule has 2 rings (SSSR count). The molecule has 0 aromatic heterocycles. The van der Waals surface area contributed by atoms with Crippen molar-refractivity contribution in [2.75, 3.05) is 13.7 Å². The third-order valence-electron chi connectivity index (χ3n) is 4.71. The molecule has 1 aliphatic rings. The summed E-state index contributed by atoms with van der Waals surface area (Å²) < 4.78 is 5.78. The molecule has 1 aromatic rings. The Bertz CT molecular complexity index is 477. The molecule has 1 aromatic carbocycles. The van der Waals surface area contributed by atoms with Gasteiger partial charge in [-0.3, -0.25) is 0 Å². The molecule has 0 spiro atoms. The Kier molecular flexibility index (Phi) is 4.24. The van der Waals surface area contributed by atoms with E-state index in [0.29, 0.717) is 0 Å². The van der Waals surface area contributed by atoms with Crippen molar-refractivity contribution in [1.29, 1.82) is 0 Å². The Hall–Kier alpha value is -1.28. The number of rotatable bonds is 4. The van der Waals surface area contributed by atoms with Crippen molar-refractivity contribution in [1.82, 2.24) is 5.32 Å². The molecule has 1 aliphatic heterocycles. The molecule has 1 unspecified atom stereocenters. The summed E-state index contributed by atoms with van der Waals surface area (Å²) in [5, 5.41) is 3.78. The second-order valence-corrected chi connectivity index (χ2v) is 6.46. The van der Waals surface area contributed by atoms with Crippen LogP contribution in [-0.4, -0.2) is 13.7 Å². The highest BCUT2D eigenvalue weighted by Crippen LogP contribution is 2.50. The van der Waals surface area contributed by atoms with Crippen LogP contribution in [-0.2, 0) is 10.3 Å². The van der Waals surface area contributed by atoms with Crippen LogP contribution >= 0.6 is 0 Å². The molecular formula is C18H27NO. The minimum Gasteiger partial charge on any atom is -0.501 e. The molecule has 0 aliphatic carbocycles. The van der Waals surface area contributed by atoms with E-state index in [4.69, 9.17) is 4.74 Å². The molecule has 2 heteroatoms. The normalized spacial score (nSPS) is 22.6. The molecule has 0 radical (unpaired) electrons. The van der Waals surface area contributed by atoms with Crippen LogP contribution < -0.4 is 5.32 Å². The summed E-state index contributed by atoms with van der Waals surface area (Å²) in [7, 11) is 1.79. The summed E-state index contributed by atoms with van der Waals surface area (Å²) in [5.74, 6) is 1.09. The van der Waals surface area contributed by atoms with Gasteiger partial charge in [0.1, 0.15) is 5.76 Å². The Balaban J connectivity index is 2.57. The van der Waals surface area contributed by atoms with E-state index >= 15 is 0 Å². The SMILES string of the molecule is COC(=C(C)C)C(C)(C)C1(c2ccccc2)CCCN1. The molecular weight excluding hydrogens is 246 g/mol. The Morgan fingerprint density at radius 2 is 1.85 bits per heavy atom. The Morgan fingerprint density at radius 3 is 2.30 bits per heavy atom. The van der Waals surface area contributed by atoms with Gasteiger partial charge in [-0.05, 0) is 44.4 Å². The molecule has 0 amide bonds. The maximum Gasteiger partial charge on any atom is 0.102 e. The summed E-state index contributed by atoms with van der Waals surface area (Å²) >= 11 is 0. The predicted molar refractivity (Wildman–Crippen MR) is 84.5 cm³/mol. The van der Waals surface area contributed by atoms with Crippen molar-refractivity contribution >= 4 is 0 Å². The average molecular weight is 273 g/mol. The summed E-state index contributed by atoms with van der Waals surface area (Å²) in [5.41, 5.74) is 2.48. The molecule has 2 nitrogen and oxygen atoms in total. The lowest BCUT2D eigenvalue weighted by molar-refractivity contribution is 0.0928. The predicted octanol–water partition coefficient (Wildman–Crippen LogP) is 4.23. The lowest BCUT2D eigenvalue weighted by Gasteiger charge is -2.46. The number of nitrogens with one attached hydrogen (secondary N) is 1. The van der Waals surface area contributed by atoms with Crippen LogP contribution in [0.5, 0.6) is 0 Å². The van der Waals surface area contributed by atoms with Crippen molar-refractivity contribution in [2.45, 2.75) is 46.1 Å². The van der Waals surface area contributed by atoms with Gasteiger partial charge in [-0.15, -0.1) is 0 Å². The van der Waals surface area contributed by atoms with Gasteiger partial charge in [0.15, 0.2) is 0 Å². The highest BCUT2D eigenvalue weighted by Gasteiger charge is 2.51. The molecule has 1 saturated heterocycles. The summed E-state index contributed by atoms with van der Waals surface area (Å²) in [6.45, 7) is 9.93. The van der Waals surface area contributed by atoms with Gasteiger partial charge in [0.2, 0.25) is 0 Å². The van der Waals surface area contributed by atoms with Crippen LogP contribution in [0.3, 0.4) is 0 Å². The van der Waals surface area contributed by atoms with E-state index < -0.39 is 0 Å². The summed E-state index contributed by atoms with van der Waals surface area (Å²) in [6, 6.07) is 10.8. The maximum atomic E-state index is 5.78. The van der Waals surface area contributed by atoms with Gasteiger partial charge in [-0.2, -0.15) is 0 Å². The van der Waals surface area contributed by atoms with Gasteiger partial charge in [0.25, 0.3) is 0 Å². The second kappa shape index (κ2) is 5.61. The van der Waals surface area contributed by atoms with Crippen LogP contribution in [0.1, 0.15) is 46.1 Å². The van der Waals surface area contributed by atoms with E-state index in [1.165, 1.54) is 17.6 Å². The van der Waals surface area contributed by atoms with Crippen LogP contribution in [0.25, 0.3) is 0 Å². The molecule has 1 fully saturated rings. The number of ether oxygens (including phenoxy) is 1. The highest BCUT2D eigenvalue weighted by molar-refractivity contribution is 5.33. The third kappa shape index (κ3) is 2.26. The molecule has 0 bridgehead atoms. The fourth-order valence-electron chi connectivity index (χ4n) is 3.89. The van der Waals surface area contributed by atoms with E-state index in [9.17, 15) is 0 Å². The average Bonchev–Trinajstić information content (AvgIpc) is 2.90. The summed E-state index contributed by atoms with van der Waals surface area (Å²) in [6.07, 6.45) is 2.35. The van der Waals surface area contributed by atoms with Crippen LogP contribution in [0.15, 0.2) is 41.7 Å². The lowest BCUT2D eigenvalue weighted by atomic mass is 9.65. The van der Waals surface area contributed by atoms with E-state index in [1.807, 2.05) is 0 Å². The highest BCUT2D eigenvalue weighted by atomic mass is 16.5. The first-order chi connectivity index (χ1) is 9.45. The second-order valence-electron chi connectivity index (χ2n) is 6.46. The number of benzene rings is 1. The van der Waals surface area contributed by atoms with Crippen molar-refractivity contribution < 1.29 is 4.74 Å². The van der Waals surface area contributed by atoms with Gasteiger partial charge in [-0.25, -0.2) is 0 Å². The van der Waals surface area contributed by atoms with Gasteiger partial charge >= 0.3 is 0 Å². The molecule has 0 saturated carbocycles. The zero-order valence-corrected chi connectivity index (χ0v) is 13.4. The van der Waals surface area contributed by atoms with Crippen LogP contribution in [0, 0.1) is 5.41 Å². The molecule has 20 heavy (non-hydrogen) atoms. The summed E-state index contributed by atoms with van der Waals surface area (Å²) in [4.78, 5) is 0. The van der Waals surface area contributed by atoms with Crippen molar-refractivity contribution in [3.05, 3.63) is 47.2 Å². The van der Waals surface area contributed by atoms with Crippen molar-refractivity contribution in [3.63, 3.8) is 0 Å². The van der Waals surface area contributed by atoms with Crippen molar-refractivity contribution in [2.24, 2.45) is 5.41 Å². The molecule has 1 heterocycles. The van der Waals surface area contributed by atoms with Gasteiger partial charge in [0.05, 0.1) is 12.6 Å². The van der Waals surface area contributed by atoms with E-state index in [-0.39, 0.29) is 11.0 Å². The number of methoxy groups -OCH3 is 1. The standard InChI is InChI=1S/C18H27NO/c1-14(2)16(20-5)17(3,4)18(12-9-13-19-18)15-10-7-6-8-11-15/h6-8,10-11,19H,9,12-13H2,1-5H3.